The van der Waals surface area contributed by atoms with Gasteiger partial charge in [0.05, 0.1) is 12.1 Å². The molecule has 0 saturated carbocycles. The third-order valence-electron chi connectivity index (χ3n) is 3.16. The SMILES string of the molecule is Cc1c[nH]c(C)c1Cn1nnc2ccccc21. The summed E-state index contributed by atoms with van der Waals surface area (Å²) in [6.07, 6.45) is 2.03. The van der Waals surface area contributed by atoms with Gasteiger partial charge in [-0.15, -0.1) is 5.10 Å². The van der Waals surface area contributed by atoms with Crippen molar-refractivity contribution in [1.82, 2.24) is 20.0 Å². The summed E-state index contributed by atoms with van der Waals surface area (Å²) in [5.41, 5.74) is 5.77. The van der Waals surface area contributed by atoms with Gasteiger partial charge in [0, 0.05) is 11.9 Å². The Bertz CT molecular complexity index is 643. The maximum Gasteiger partial charge on any atom is 0.113 e. The van der Waals surface area contributed by atoms with Crippen LogP contribution in [0.2, 0.25) is 0 Å². The lowest BCUT2D eigenvalue weighted by Gasteiger charge is -2.03. The monoisotopic (exact) mass is 226 g/mol. The summed E-state index contributed by atoms with van der Waals surface area (Å²) < 4.78 is 1.94. The van der Waals surface area contributed by atoms with Gasteiger partial charge in [0.25, 0.3) is 0 Å². The molecule has 17 heavy (non-hydrogen) atoms. The minimum absolute atomic E-state index is 0.766. The number of aromatic amines is 1. The molecule has 0 atom stereocenters. The molecule has 0 unspecified atom stereocenters. The molecule has 0 radical (unpaired) electrons. The summed E-state index contributed by atoms with van der Waals surface area (Å²) in [5, 5.41) is 8.37. The molecule has 0 saturated heterocycles. The van der Waals surface area contributed by atoms with E-state index in [1.807, 2.05) is 35.1 Å². The first-order valence-electron chi connectivity index (χ1n) is 5.67. The fourth-order valence-electron chi connectivity index (χ4n) is 2.11. The van der Waals surface area contributed by atoms with E-state index in [-0.39, 0.29) is 0 Å². The number of benzene rings is 1. The van der Waals surface area contributed by atoms with Crippen molar-refractivity contribution in [2.24, 2.45) is 0 Å². The molecule has 0 aliphatic rings. The van der Waals surface area contributed by atoms with E-state index in [0.29, 0.717) is 0 Å². The summed E-state index contributed by atoms with van der Waals surface area (Å²) in [5.74, 6) is 0. The molecule has 3 aromatic rings. The van der Waals surface area contributed by atoms with Gasteiger partial charge in [0.2, 0.25) is 0 Å². The normalized spacial score (nSPS) is 11.2. The van der Waals surface area contributed by atoms with Crippen molar-refractivity contribution in [2.45, 2.75) is 20.4 Å². The fourth-order valence-corrected chi connectivity index (χ4v) is 2.11. The summed E-state index contributed by atoms with van der Waals surface area (Å²) in [7, 11) is 0. The van der Waals surface area contributed by atoms with Crippen LogP contribution in [-0.2, 0) is 6.54 Å². The largest absolute Gasteiger partial charge is 0.365 e. The number of fused-ring (bicyclic) bond motifs is 1. The summed E-state index contributed by atoms with van der Waals surface area (Å²) >= 11 is 0. The molecular formula is C13H14N4. The van der Waals surface area contributed by atoms with Gasteiger partial charge in [0.15, 0.2) is 0 Å². The maximum absolute atomic E-state index is 4.21. The lowest BCUT2D eigenvalue weighted by molar-refractivity contribution is 0.666. The molecule has 2 aromatic heterocycles. The predicted molar refractivity (Wildman–Crippen MR) is 66.9 cm³/mol. The van der Waals surface area contributed by atoms with Crippen LogP contribution in [0.1, 0.15) is 16.8 Å². The second-order valence-electron chi connectivity index (χ2n) is 4.31. The van der Waals surface area contributed by atoms with E-state index >= 15 is 0 Å². The fraction of sp³-hybridized carbons (Fsp3) is 0.231. The molecule has 0 amide bonds. The average Bonchev–Trinajstić information content (AvgIpc) is 2.88. The van der Waals surface area contributed by atoms with Gasteiger partial charge in [-0.25, -0.2) is 4.68 Å². The van der Waals surface area contributed by atoms with Crippen LogP contribution >= 0.6 is 0 Å². The highest BCUT2D eigenvalue weighted by Crippen LogP contribution is 2.16. The molecule has 4 heteroatoms. The van der Waals surface area contributed by atoms with Gasteiger partial charge in [0.1, 0.15) is 5.52 Å². The van der Waals surface area contributed by atoms with Crippen LogP contribution in [0.5, 0.6) is 0 Å². The number of nitrogens with one attached hydrogen (secondary N) is 1. The summed E-state index contributed by atoms with van der Waals surface area (Å²) in [6, 6.07) is 8.02. The Morgan fingerprint density at radius 3 is 2.82 bits per heavy atom. The Morgan fingerprint density at radius 2 is 2.06 bits per heavy atom. The average molecular weight is 226 g/mol. The zero-order chi connectivity index (χ0) is 11.8. The number of para-hydroxylation sites is 1. The Labute approximate surface area is 99.3 Å². The standard InChI is InChI=1S/C13H14N4/c1-9-7-14-10(2)11(9)8-17-13-6-4-3-5-12(13)15-16-17/h3-7,14H,8H2,1-2H3. The molecule has 0 spiro atoms. The van der Waals surface area contributed by atoms with Crippen molar-refractivity contribution >= 4 is 11.0 Å². The minimum Gasteiger partial charge on any atom is -0.365 e. The molecule has 0 bridgehead atoms. The van der Waals surface area contributed by atoms with Gasteiger partial charge in [-0.05, 0) is 37.1 Å². The van der Waals surface area contributed by atoms with Crippen LogP contribution in [0.3, 0.4) is 0 Å². The predicted octanol–water partition coefficient (Wildman–Crippen LogP) is 2.42. The van der Waals surface area contributed by atoms with Crippen LogP contribution in [0, 0.1) is 13.8 Å². The van der Waals surface area contributed by atoms with Gasteiger partial charge in [-0.3, -0.25) is 0 Å². The van der Waals surface area contributed by atoms with E-state index in [4.69, 9.17) is 0 Å². The third kappa shape index (κ3) is 1.62. The molecule has 86 valence electrons. The number of hydrogen-bond donors (Lipinski definition) is 1. The quantitative estimate of drug-likeness (QED) is 0.729. The van der Waals surface area contributed by atoms with Crippen molar-refractivity contribution in [3.8, 4) is 0 Å². The third-order valence-corrected chi connectivity index (χ3v) is 3.16. The van der Waals surface area contributed by atoms with E-state index in [2.05, 4.69) is 29.1 Å². The van der Waals surface area contributed by atoms with Crippen molar-refractivity contribution in [3.05, 3.63) is 47.3 Å². The van der Waals surface area contributed by atoms with Crippen molar-refractivity contribution in [1.29, 1.82) is 0 Å². The Hall–Kier alpha value is -2.10. The van der Waals surface area contributed by atoms with Crippen LogP contribution < -0.4 is 0 Å². The number of aromatic nitrogens is 4. The highest BCUT2D eigenvalue weighted by molar-refractivity contribution is 5.73. The van der Waals surface area contributed by atoms with Gasteiger partial charge in [-0.1, -0.05) is 17.3 Å². The van der Waals surface area contributed by atoms with E-state index in [0.717, 1.165) is 17.6 Å². The number of H-pyrrole nitrogens is 1. The van der Waals surface area contributed by atoms with Crippen LogP contribution in [-0.4, -0.2) is 20.0 Å². The molecule has 1 N–H and O–H groups in total. The molecule has 3 rings (SSSR count). The first-order valence-corrected chi connectivity index (χ1v) is 5.67. The van der Waals surface area contributed by atoms with Gasteiger partial charge < -0.3 is 4.98 Å². The topological polar surface area (TPSA) is 46.5 Å². The molecule has 4 nitrogen and oxygen atoms in total. The van der Waals surface area contributed by atoms with E-state index in [9.17, 15) is 0 Å². The van der Waals surface area contributed by atoms with Gasteiger partial charge >= 0.3 is 0 Å². The number of aryl methyl sites for hydroxylation is 2. The highest BCUT2D eigenvalue weighted by atomic mass is 15.4. The minimum atomic E-state index is 0.766. The van der Waals surface area contributed by atoms with Crippen LogP contribution in [0.4, 0.5) is 0 Å². The zero-order valence-electron chi connectivity index (χ0n) is 9.94. The highest BCUT2D eigenvalue weighted by Gasteiger charge is 2.08. The number of hydrogen-bond acceptors (Lipinski definition) is 2. The molecule has 1 aromatic carbocycles. The Kier molecular flexibility index (Phi) is 2.21. The smallest absolute Gasteiger partial charge is 0.113 e. The molecule has 0 fully saturated rings. The molecular weight excluding hydrogens is 212 g/mol. The van der Waals surface area contributed by atoms with Crippen molar-refractivity contribution in [2.75, 3.05) is 0 Å². The summed E-state index contributed by atoms with van der Waals surface area (Å²) in [4.78, 5) is 3.24. The first-order chi connectivity index (χ1) is 8.25. The maximum atomic E-state index is 4.21. The number of rotatable bonds is 2. The molecule has 0 aliphatic heterocycles. The second kappa shape index (κ2) is 3.73. The van der Waals surface area contributed by atoms with Crippen LogP contribution in [0.15, 0.2) is 30.5 Å². The summed E-state index contributed by atoms with van der Waals surface area (Å²) in [6.45, 7) is 4.96. The number of nitrogens with zero attached hydrogens (tertiary/aromatic N) is 3. The first kappa shape index (κ1) is 10.1. The van der Waals surface area contributed by atoms with E-state index in [1.165, 1.54) is 16.8 Å². The van der Waals surface area contributed by atoms with E-state index < -0.39 is 0 Å². The molecule has 0 aliphatic carbocycles. The van der Waals surface area contributed by atoms with Crippen LogP contribution in [0.25, 0.3) is 11.0 Å². The Balaban J connectivity index is 2.06. The lowest BCUT2D eigenvalue weighted by atomic mass is 10.1. The Morgan fingerprint density at radius 1 is 1.24 bits per heavy atom. The zero-order valence-corrected chi connectivity index (χ0v) is 9.94. The lowest BCUT2D eigenvalue weighted by Crippen LogP contribution is -2.03. The second-order valence-corrected chi connectivity index (χ2v) is 4.31. The van der Waals surface area contributed by atoms with E-state index in [1.54, 1.807) is 0 Å². The van der Waals surface area contributed by atoms with Gasteiger partial charge in [-0.2, -0.15) is 0 Å². The van der Waals surface area contributed by atoms with Crippen molar-refractivity contribution < 1.29 is 0 Å². The molecule has 2 heterocycles. The van der Waals surface area contributed by atoms with Crippen molar-refractivity contribution in [3.63, 3.8) is 0 Å².